The van der Waals surface area contributed by atoms with E-state index in [2.05, 4.69) is 31.3 Å². The third-order valence-electron chi connectivity index (χ3n) is 4.35. The highest BCUT2D eigenvalue weighted by atomic mass is 16.5. The van der Waals surface area contributed by atoms with Crippen molar-refractivity contribution in [3.05, 3.63) is 23.8 Å². The first kappa shape index (κ1) is 11.8. The van der Waals surface area contributed by atoms with Gasteiger partial charge in [-0.05, 0) is 51.4 Å². The predicted molar refractivity (Wildman–Crippen MR) is 71.5 cm³/mol. The van der Waals surface area contributed by atoms with Crippen molar-refractivity contribution in [2.75, 3.05) is 13.7 Å². The molecule has 3 rings (SSSR count). The third-order valence-corrected chi connectivity index (χ3v) is 4.35. The van der Waals surface area contributed by atoms with Crippen molar-refractivity contribution in [2.24, 2.45) is 0 Å². The molecule has 0 amide bonds. The molecule has 3 atom stereocenters. The van der Waals surface area contributed by atoms with Crippen molar-refractivity contribution in [2.45, 2.75) is 44.2 Å². The molecule has 3 unspecified atom stereocenters. The molecule has 0 aromatic heterocycles. The van der Waals surface area contributed by atoms with Gasteiger partial charge in [-0.25, -0.2) is 0 Å². The van der Waals surface area contributed by atoms with E-state index in [9.17, 15) is 0 Å². The lowest BCUT2D eigenvalue weighted by molar-refractivity contribution is 0.0530. The second kappa shape index (κ2) is 4.16. The quantitative estimate of drug-likeness (QED) is 0.827. The fourth-order valence-electron chi connectivity index (χ4n) is 3.22. The van der Waals surface area contributed by atoms with Crippen LogP contribution in [-0.2, 0) is 0 Å². The van der Waals surface area contributed by atoms with Crippen molar-refractivity contribution < 1.29 is 9.47 Å². The molecule has 18 heavy (non-hydrogen) atoms. The van der Waals surface area contributed by atoms with Crippen LogP contribution in [0, 0.1) is 0 Å². The summed E-state index contributed by atoms with van der Waals surface area (Å²) in [7, 11) is 1.71. The van der Waals surface area contributed by atoms with Gasteiger partial charge in [0.25, 0.3) is 0 Å². The van der Waals surface area contributed by atoms with E-state index >= 15 is 0 Å². The topological polar surface area (TPSA) is 30.5 Å². The van der Waals surface area contributed by atoms with E-state index in [1.165, 1.54) is 5.56 Å². The molecule has 0 aliphatic carbocycles. The highest BCUT2D eigenvalue weighted by Crippen LogP contribution is 2.46. The SMILES string of the molecule is COc1ccc2c(c1)C1CC(C)(CCNC1C)O2. The first-order valence-electron chi connectivity index (χ1n) is 6.72. The summed E-state index contributed by atoms with van der Waals surface area (Å²) in [6, 6.07) is 6.65. The van der Waals surface area contributed by atoms with E-state index in [1.807, 2.05) is 6.07 Å². The van der Waals surface area contributed by atoms with Crippen LogP contribution < -0.4 is 14.8 Å². The second-order valence-corrected chi connectivity index (χ2v) is 5.76. The van der Waals surface area contributed by atoms with Gasteiger partial charge in [0.05, 0.1) is 7.11 Å². The molecule has 1 aromatic rings. The molecule has 0 radical (unpaired) electrons. The molecule has 2 aliphatic rings. The van der Waals surface area contributed by atoms with E-state index in [4.69, 9.17) is 9.47 Å². The van der Waals surface area contributed by atoms with Crippen LogP contribution in [0.1, 0.15) is 38.2 Å². The lowest BCUT2D eigenvalue weighted by Crippen LogP contribution is -2.38. The van der Waals surface area contributed by atoms with E-state index in [0.29, 0.717) is 12.0 Å². The summed E-state index contributed by atoms with van der Waals surface area (Å²) in [6.45, 7) is 5.52. The maximum absolute atomic E-state index is 6.22. The minimum Gasteiger partial charge on any atom is -0.497 e. The molecule has 3 heteroatoms. The number of ether oxygens (including phenoxy) is 2. The molecular formula is C15H21NO2. The number of rotatable bonds is 1. The van der Waals surface area contributed by atoms with E-state index < -0.39 is 0 Å². The summed E-state index contributed by atoms with van der Waals surface area (Å²) >= 11 is 0. The summed E-state index contributed by atoms with van der Waals surface area (Å²) < 4.78 is 11.6. The van der Waals surface area contributed by atoms with Crippen LogP contribution in [0.25, 0.3) is 0 Å². The van der Waals surface area contributed by atoms with Gasteiger partial charge < -0.3 is 14.8 Å². The largest absolute Gasteiger partial charge is 0.497 e. The summed E-state index contributed by atoms with van der Waals surface area (Å²) in [6.07, 6.45) is 2.15. The summed E-state index contributed by atoms with van der Waals surface area (Å²) in [5.41, 5.74) is 1.26. The van der Waals surface area contributed by atoms with Gasteiger partial charge in [0, 0.05) is 17.5 Å². The minimum atomic E-state index is -0.0238. The number of methoxy groups -OCH3 is 1. The van der Waals surface area contributed by atoms with Crippen LogP contribution >= 0.6 is 0 Å². The number of hydrogen-bond donors (Lipinski definition) is 1. The van der Waals surface area contributed by atoms with E-state index in [-0.39, 0.29) is 5.60 Å². The van der Waals surface area contributed by atoms with Crippen molar-refractivity contribution >= 4 is 0 Å². The maximum atomic E-state index is 6.22. The van der Waals surface area contributed by atoms with Gasteiger partial charge in [0.15, 0.2) is 0 Å². The van der Waals surface area contributed by atoms with Gasteiger partial charge in [0.1, 0.15) is 17.1 Å². The van der Waals surface area contributed by atoms with Gasteiger partial charge in [-0.15, -0.1) is 0 Å². The fourth-order valence-corrected chi connectivity index (χ4v) is 3.22. The Kier molecular flexibility index (Phi) is 2.74. The zero-order valence-electron chi connectivity index (χ0n) is 11.3. The number of nitrogens with one attached hydrogen (secondary N) is 1. The Balaban J connectivity index is 2.07. The smallest absolute Gasteiger partial charge is 0.123 e. The van der Waals surface area contributed by atoms with Crippen molar-refractivity contribution in [3.8, 4) is 11.5 Å². The van der Waals surface area contributed by atoms with Gasteiger partial charge in [-0.2, -0.15) is 0 Å². The Morgan fingerprint density at radius 2 is 2.28 bits per heavy atom. The normalized spacial score (nSPS) is 34.2. The molecule has 2 heterocycles. The zero-order chi connectivity index (χ0) is 12.8. The van der Waals surface area contributed by atoms with Crippen molar-refractivity contribution in [1.82, 2.24) is 5.32 Å². The molecular weight excluding hydrogens is 226 g/mol. The molecule has 0 spiro atoms. The molecule has 98 valence electrons. The van der Waals surface area contributed by atoms with Gasteiger partial charge >= 0.3 is 0 Å². The average molecular weight is 247 g/mol. The molecule has 0 saturated carbocycles. The maximum Gasteiger partial charge on any atom is 0.123 e. The highest BCUT2D eigenvalue weighted by molar-refractivity contribution is 5.45. The Hall–Kier alpha value is -1.22. The van der Waals surface area contributed by atoms with Crippen LogP contribution in [0.5, 0.6) is 11.5 Å². The van der Waals surface area contributed by atoms with Gasteiger partial charge in [-0.1, -0.05) is 0 Å². The molecule has 1 saturated heterocycles. The summed E-state index contributed by atoms with van der Waals surface area (Å²) in [5.74, 6) is 2.46. The van der Waals surface area contributed by atoms with Crippen molar-refractivity contribution in [1.29, 1.82) is 0 Å². The number of fused-ring (bicyclic) bond motifs is 4. The molecule has 3 nitrogen and oxygen atoms in total. The zero-order valence-corrected chi connectivity index (χ0v) is 11.3. The Morgan fingerprint density at radius 3 is 3.06 bits per heavy atom. The first-order valence-corrected chi connectivity index (χ1v) is 6.72. The Labute approximate surface area is 108 Å². The van der Waals surface area contributed by atoms with Crippen LogP contribution in [0.3, 0.4) is 0 Å². The molecule has 1 aromatic carbocycles. The minimum absolute atomic E-state index is 0.0238. The fraction of sp³-hybridized carbons (Fsp3) is 0.600. The average Bonchev–Trinajstić information content (AvgIpc) is 2.47. The molecule has 2 aliphatic heterocycles. The molecule has 2 bridgehead atoms. The second-order valence-electron chi connectivity index (χ2n) is 5.76. The van der Waals surface area contributed by atoms with Crippen molar-refractivity contribution in [3.63, 3.8) is 0 Å². The number of benzene rings is 1. The standard InChI is InChI=1S/C15H21NO2/c1-10-13-9-15(2,6-7-16-10)18-14-5-4-11(17-3)8-12(13)14/h4-5,8,10,13,16H,6-7,9H2,1-3H3. The van der Waals surface area contributed by atoms with Crippen LogP contribution in [0.4, 0.5) is 0 Å². The lowest BCUT2D eigenvalue weighted by Gasteiger charge is -2.39. The lowest BCUT2D eigenvalue weighted by atomic mass is 9.80. The monoisotopic (exact) mass is 247 g/mol. The predicted octanol–water partition coefficient (Wildman–Crippen LogP) is 2.70. The first-order chi connectivity index (χ1) is 8.61. The van der Waals surface area contributed by atoms with Crippen LogP contribution in [-0.4, -0.2) is 25.3 Å². The molecule has 1 N–H and O–H groups in total. The summed E-state index contributed by atoms with van der Waals surface area (Å²) in [4.78, 5) is 0. The van der Waals surface area contributed by atoms with Crippen LogP contribution in [0.15, 0.2) is 18.2 Å². The van der Waals surface area contributed by atoms with E-state index in [1.54, 1.807) is 7.11 Å². The third kappa shape index (κ3) is 1.87. The Morgan fingerprint density at radius 1 is 1.44 bits per heavy atom. The number of hydrogen-bond acceptors (Lipinski definition) is 3. The highest BCUT2D eigenvalue weighted by Gasteiger charge is 2.41. The molecule has 1 fully saturated rings. The van der Waals surface area contributed by atoms with E-state index in [0.717, 1.165) is 30.9 Å². The van der Waals surface area contributed by atoms with Gasteiger partial charge in [0.2, 0.25) is 0 Å². The van der Waals surface area contributed by atoms with Crippen LogP contribution in [0.2, 0.25) is 0 Å². The van der Waals surface area contributed by atoms with Gasteiger partial charge in [-0.3, -0.25) is 0 Å². The summed E-state index contributed by atoms with van der Waals surface area (Å²) in [5, 5.41) is 3.60. The Bertz CT molecular complexity index is 460.